The van der Waals surface area contributed by atoms with Gasteiger partial charge in [-0.2, -0.15) is 0 Å². The summed E-state index contributed by atoms with van der Waals surface area (Å²) in [5.41, 5.74) is 17.1. The zero-order valence-corrected chi connectivity index (χ0v) is 31.3. The van der Waals surface area contributed by atoms with Crippen LogP contribution in [0.5, 0.6) is 0 Å². The molecular formula is C52H42N2. The van der Waals surface area contributed by atoms with Crippen molar-refractivity contribution in [3.05, 3.63) is 192 Å². The molecule has 2 nitrogen and oxygen atoms in total. The number of anilines is 2. The van der Waals surface area contributed by atoms with Crippen molar-refractivity contribution in [1.29, 1.82) is 0 Å². The molecule has 0 amide bonds. The predicted octanol–water partition coefficient (Wildman–Crippen LogP) is 13.5. The van der Waals surface area contributed by atoms with Crippen LogP contribution >= 0.6 is 0 Å². The molecule has 8 aromatic rings. The fraction of sp³-hybridized carbons (Fsp3) is 0.154. The van der Waals surface area contributed by atoms with Crippen LogP contribution in [-0.4, -0.2) is 10.6 Å². The van der Waals surface area contributed by atoms with Crippen LogP contribution in [0.2, 0.25) is 0 Å². The van der Waals surface area contributed by atoms with E-state index < -0.39 is 0 Å². The van der Waals surface area contributed by atoms with Crippen LogP contribution in [0.1, 0.15) is 56.4 Å². The van der Waals surface area contributed by atoms with E-state index in [1.807, 2.05) is 0 Å². The predicted molar refractivity (Wildman–Crippen MR) is 228 cm³/mol. The summed E-state index contributed by atoms with van der Waals surface area (Å²) in [6, 6.07) is 56.7. The Morgan fingerprint density at radius 1 is 0.537 bits per heavy atom. The third kappa shape index (κ3) is 4.23. The SMILES string of the molecule is CC1(C)C2=CC(N(c3ccccc3)c3cc4c(c5ccccc35)c3cc5c(cc3n4-c3ccccc3)C(C)(C)c3ccccc3-5)CC=C2c2ccccc21. The van der Waals surface area contributed by atoms with Gasteiger partial charge in [0.05, 0.1) is 22.8 Å². The fourth-order valence-electron chi connectivity index (χ4n) is 10.3. The number of hydrogen-bond donors (Lipinski definition) is 0. The van der Waals surface area contributed by atoms with Gasteiger partial charge in [0.15, 0.2) is 0 Å². The Hall–Kier alpha value is -6.12. The summed E-state index contributed by atoms with van der Waals surface area (Å²) in [4.78, 5) is 2.62. The summed E-state index contributed by atoms with van der Waals surface area (Å²) in [6.45, 7) is 9.55. The Labute approximate surface area is 317 Å². The lowest BCUT2D eigenvalue weighted by Gasteiger charge is -2.36. The smallest absolute Gasteiger partial charge is 0.0568 e. The van der Waals surface area contributed by atoms with E-state index in [2.05, 4.69) is 201 Å². The van der Waals surface area contributed by atoms with Gasteiger partial charge in [0.25, 0.3) is 0 Å². The largest absolute Gasteiger partial charge is 0.334 e. The second-order valence-corrected chi connectivity index (χ2v) is 16.5. The van der Waals surface area contributed by atoms with Gasteiger partial charge in [-0.3, -0.25) is 0 Å². The molecule has 0 N–H and O–H groups in total. The molecule has 0 saturated heterocycles. The van der Waals surface area contributed by atoms with E-state index in [4.69, 9.17) is 0 Å². The number of benzene rings is 7. The molecule has 0 radical (unpaired) electrons. The highest BCUT2D eigenvalue weighted by Crippen LogP contribution is 2.54. The number of fused-ring (bicyclic) bond motifs is 11. The van der Waals surface area contributed by atoms with Crippen LogP contribution < -0.4 is 4.90 Å². The minimum absolute atomic E-state index is 0.0675. The van der Waals surface area contributed by atoms with Gasteiger partial charge in [0.1, 0.15) is 0 Å². The molecule has 54 heavy (non-hydrogen) atoms. The highest BCUT2D eigenvalue weighted by atomic mass is 15.2. The number of allylic oxidation sites excluding steroid dienone is 2. The lowest BCUT2D eigenvalue weighted by Crippen LogP contribution is -2.32. The first kappa shape index (κ1) is 31.4. The number of hydrogen-bond acceptors (Lipinski definition) is 1. The average molecular weight is 695 g/mol. The third-order valence-electron chi connectivity index (χ3n) is 12.9. The van der Waals surface area contributed by atoms with E-state index in [9.17, 15) is 0 Å². The number of aromatic nitrogens is 1. The molecule has 1 aromatic heterocycles. The molecule has 0 aliphatic heterocycles. The van der Waals surface area contributed by atoms with E-state index in [1.165, 1.54) is 94.2 Å². The highest BCUT2D eigenvalue weighted by molar-refractivity contribution is 6.25. The first-order valence-corrected chi connectivity index (χ1v) is 19.4. The third-order valence-corrected chi connectivity index (χ3v) is 12.9. The molecule has 0 fully saturated rings. The Balaban J connectivity index is 1.22. The van der Waals surface area contributed by atoms with Crippen LogP contribution in [0.25, 0.3) is 55.0 Å². The zero-order valence-electron chi connectivity index (χ0n) is 31.3. The summed E-state index contributed by atoms with van der Waals surface area (Å²) < 4.78 is 2.52. The molecule has 3 aliphatic rings. The van der Waals surface area contributed by atoms with Gasteiger partial charge in [-0.15, -0.1) is 0 Å². The van der Waals surface area contributed by atoms with Crippen molar-refractivity contribution in [2.24, 2.45) is 0 Å². The fourth-order valence-corrected chi connectivity index (χ4v) is 10.3. The van der Waals surface area contributed by atoms with E-state index in [-0.39, 0.29) is 16.9 Å². The van der Waals surface area contributed by atoms with E-state index in [1.54, 1.807) is 0 Å². The van der Waals surface area contributed by atoms with Crippen molar-refractivity contribution >= 4 is 49.5 Å². The Morgan fingerprint density at radius 2 is 1.17 bits per heavy atom. The van der Waals surface area contributed by atoms with Crippen molar-refractivity contribution < 1.29 is 0 Å². The van der Waals surface area contributed by atoms with Crippen LogP contribution in [-0.2, 0) is 10.8 Å². The first-order chi connectivity index (χ1) is 26.3. The van der Waals surface area contributed by atoms with Crippen LogP contribution in [0.15, 0.2) is 169 Å². The monoisotopic (exact) mass is 694 g/mol. The van der Waals surface area contributed by atoms with Gasteiger partial charge in [-0.1, -0.05) is 149 Å². The maximum atomic E-state index is 2.62. The van der Waals surface area contributed by atoms with Gasteiger partial charge < -0.3 is 9.47 Å². The molecule has 0 saturated carbocycles. The Bertz CT molecular complexity index is 2900. The van der Waals surface area contributed by atoms with Gasteiger partial charge in [0, 0.05) is 38.4 Å². The summed E-state index contributed by atoms with van der Waals surface area (Å²) in [5.74, 6) is 0. The van der Waals surface area contributed by atoms with Gasteiger partial charge >= 0.3 is 0 Å². The first-order valence-electron chi connectivity index (χ1n) is 19.4. The second-order valence-electron chi connectivity index (χ2n) is 16.5. The van der Waals surface area contributed by atoms with Gasteiger partial charge in [0.2, 0.25) is 0 Å². The summed E-state index contributed by atoms with van der Waals surface area (Å²) >= 11 is 0. The van der Waals surface area contributed by atoms with Crippen molar-refractivity contribution in [3.8, 4) is 16.8 Å². The number of nitrogens with zero attached hydrogens (tertiary/aromatic N) is 2. The van der Waals surface area contributed by atoms with Crippen molar-refractivity contribution in [2.45, 2.75) is 51.0 Å². The number of rotatable bonds is 4. The van der Waals surface area contributed by atoms with Crippen molar-refractivity contribution in [1.82, 2.24) is 4.57 Å². The normalized spacial score (nSPS) is 17.5. The summed E-state index contributed by atoms with van der Waals surface area (Å²) in [6.07, 6.45) is 6.01. The van der Waals surface area contributed by atoms with Crippen LogP contribution in [0.3, 0.4) is 0 Å². The topological polar surface area (TPSA) is 8.17 Å². The molecule has 1 atom stereocenters. The van der Waals surface area contributed by atoms with Gasteiger partial charge in [-0.05, 0) is 98.8 Å². The van der Waals surface area contributed by atoms with E-state index >= 15 is 0 Å². The van der Waals surface area contributed by atoms with E-state index in [0.29, 0.717) is 0 Å². The lowest BCUT2D eigenvalue weighted by atomic mass is 9.79. The lowest BCUT2D eigenvalue weighted by molar-refractivity contribution is 0.645. The average Bonchev–Trinajstić information content (AvgIpc) is 3.74. The minimum Gasteiger partial charge on any atom is -0.334 e. The molecular weight excluding hydrogens is 653 g/mol. The zero-order chi connectivity index (χ0) is 36.3. The molecule has 1 unspecified atom stereocenters. The molecule has 3 aliphatic carbocycles. The highest BCUT2D eigenvalue weighted by Gasteiger charge is 2.41. The van der Waals surface area contributed by atoms with Crippen LogP contribution in [0, 0.1) is 0 Å². The maximum Gasteiger partial charge on any atom is 0.0568 e. The Kier molecular flexibility index (Phi) is 6.51. The Morgan fingerprint density at radius 3 is 1.93 bits per heavy atom. The van der Waals surface area contributed by atoms with Crippen molar-refractivity contribution in [2.75, 3.05) is 4.90 Å². The minimum atomic E-state index is -0.0933. The standard InChI is InChI=1S/C52H42N2/c1-51(2)43-25-15-13-21-36(43)38-28-27-35(29-45(38)51)53(33-17-7-5-8-18-33)48-32-49-50(40-24-12-11-23-39(40)48)42-30-41-37-22-14-16-26-44(37)52(3,4)46(41)31-47(42)54(49)34-19-9-6-10-20-34/h5-26,28-32,35H,27H2,1-4H3. The molecule has 1 heterocycles. The molecule has 7 aromatic carbocycles. The summed E-state index contributed by atoms with van der Waals surface area (Å²) in [7, 11) is 0. The quantitative estimate of drug-likeness (QED) is 0.178. The van der Waals surface area contributed by atoms with Crippen molar-refractivity contribution in [3.63, 3.8) is 0 Å². The molecule has 11 rings (SSSR count). The maximum absolute atomic E-state index is 2.62. The second kappa shape index (κ2) is 11.2. The summed E-state index contributed by atoms with van der Waals surface area (Å²) in [5, 5.41) is 5.16. The molecule has 0 bridgehead atoms. The van der Waals surface area contributed by atoms with Crippen LogP contribution in [0.4, 0.5) is 11.4 Å². The molecule has 0 spiro atoms. The van der Waals surface area contributed by atoms with Gasteiger partial charge in [-0.25, -0.2) is 0 Å². The molecule has 2 heteroatoms. The van der Waals surface area contributed by atoms with E-state index in [0.717, 1.165) is 6.42 Å². The molecule has 260 valence electrons. The number of para-hydroxylation sites is 2.